The number of carbonyl (C=O) groups is 1. The first-order chi connectivity index (χ1) is 11.5. The van der Waals surface area contributed by atoms with Gasteiger partial charge in [-0.3, -0.25) is 4.18 Å². The highest BCUT2D eigenvalue weighted by Crippen LogP contribution is 2.15. The van der Waals surface area contributed by atoms with Gasteiger partial charge in [0.15, 0.2) is 0 Å². The van der Waals surface area contributed by atoms with E-state index in [9.17, 15) is 13.2 Å². The summed E-state index contributed by atoms with van der Waals surface area (Å²) < 4.78 is 34.5. The SMILES string of the molecule is CCC(CCOS(=O)(=O)c1ccc(C)cc1)CNC(=O)OC(C)(C)C. The maximum Gasteiger partial charge on any atom is 0.407 e. The van der Waals surface area contributed by atoms with E-state index in [4.69, 9.17) is 8.92 Å². The largest absolute Gasteiger partial charge is 0.444 e. The van der Waals surface area contributed by atoms with Crippen LogP contribution in [0.5, 0.6) is 0 Å². The van der Waals surface area contributed by atoms with Crippen LogP contribution in [0, 0.1) is 12.8 Å². The van der Waals surface area contributed by atoms with E-state index in [0.717, 1.165) is 12.0 Å². The predicted molar refractivity (Wildman–Crippen MR) is 97.0 cm³/mol. The first-order valence-electron chi connectivity index (χ1n) is 8.46. The van der Waals surface area contributed by atoms with Gasteiger partial charge < -0.3 is 10.1 Å². The molecular formula is C18H29NO5S. The fourth-order valence-electron chi connectivity index (χ4n) is 2.09. The Hall–Kier alpha value is -1.60. The van der Waals surface area contributed by atoms with Crippen molar-refractivity contribution in [3.05, 3.63) is 29.8 Å². The van der Waals surface area contributed by atoms with Crippen LogP contribution in [0.4, 0.5) is 4.79 Å². The van der Waals surface area contributed by atoms with E-state index in [0.29, 0.717) is 13.0 Å². The average molecular weight is 371 g/mol. The molecule has 1 aromatic rings. The molecule has 0 spiro atoms. The Morgan fingerprint density at radius 3 is 2.32 bits per heavy atom. The van der Waals surface area contributed by atoms with Crippen molar-refractivity contribution < 1.29 is 22.1 Å². The molecule has 25 heavy (non-hydrogen) atoms. The van der Waals surface area contributed by atoms with Gasteiger partial charge in [0.2, 0.25) is 0 Å². The maximum absolute atomic E-state index is 12.1. The summed E-state index contributed by atoms with van der Waals surface area (Å²) in [4.78, 5) is 11.8. The number of ether oxygens (including phenoxy) is 1. The Labute approximate surface area is 151 Å². The van der Waals surface area contributed by atoms with Gasteiger partial charge in [-0.05, 0) is 52.2 Å². The molecule has 0 aromatic heterocycles. The maximum atomic E-state index is 12.1. The molecule has 0 saturated carbocycles. The van der Waals surface area contributed by atoms with Crippen LogP contribution in [0.3, 0.4) is 0 Å². The van der Waals surface area contributed by atoms with Crippen LogP contribution in [0.15, 0.2) is 29.2 Å². The second kappa shape index (κ2) is 9.20. The lowest BCUT2D eigenvalue weighted by molar-refractivity contribution is 0.0516. The third-order valence-corrected chi connectivity index (χ3v) is 4.91. The number of amides is 1. The summed E-state index contributed by atoms with van der Waals surface area (Å²) in [6, 6.07) is 6.53. The van der Waals surface area contributed by atoms with Crippen molar-refractivity contribution in [1.82, 2.24) is 5.32 Å². The molecule has 1 atom stereocenters. The summed E-state index contributed by atoms with van der Waals surface area (Å²) in [7, 11) is -3.75. The molecule has 1 rings (SSSR count). The van der Waals surface area contributed by atoms with Gasteiger partial charge in [-0.1, -0.05) is 31.0 Å². The molecule has 6 nitrogen and oxygen atoms in total. The Balaban J connectivity index is 2.44. The van der Waals surface area contributed by atoms with Gasteiger partial charge in [-0.2, -0.15) is 8.42 Å². The van der Waals surface area contributed by atoms with Crippen molar-refractivity contribution >= 4 is 16.2 Å². The third-order valence-electron chi connectivity index (χ3n) is 3.59. The van der Waals surface area contributed by atoms with Crippen LogP contribution in [0.1, 0.15) is 46.1 Å². The standard InChI is InChI=1S/C18H29NO5S/c1-6-15(13-19-17(20)24-18(3,4)5)11-12-23-25(21,22)16-9-7-14(2)8-10-16/h7-10,15H,6,11-13H2,1-5H3,(H,19,20). The Bertz CT molecular complexity index is 647. The van der Waals surface area contributed by atoms with Crippen LogP contribution in [-0.4, -0.2) is 33.3 Å². The molecule has 0 bridgehead atoms. The molecule has 0 aliphatic carbocycles. The second-order valence-corrected chi connectivity index (χ2v) is 8.65. The molecule has 1 N–H and O–H groups in total. The topological polar surface area (TPSA) is 81.7 Å². The zero-order valence-corrected chi connectivity index (χ0v) is 16.5. The quantitative estimate of drug-likeness (QED) is 0.706. The van der Waals surface area contributed by atoms with Crippen molar-refractivity contribution in [3.8, 4) is 0 Å². The Morgan fingerprint density at radius 1 is 1.20 bits per heavy atom. The van der Waals surface area contributed by atoms with Crippen LogP contribution in [-0.2, 0) is 19.0 Å². The van der Waals surface area contributed by atoms with Crippen LogP contribution < -0.4 is 5.32 Å². The molecule has 0 fully saturated rings. The van der Waals surface area contributed by atoms with E-state index < -0.39 is 21.8 Å². The normalized spacial score (nSPS) is 13.3. The number of hydrogen-bond donors (Lipinski definition) is 1. The van der Waals surface area contributed by atoms with E-state index in [1.165, 1.54) is 12.1 Å². The monoisotopic (exact) mass is 371 g/mol. The number of aryl methyl sites for hydroxylation is 1. The van der Waals surface area contributed by atoms with Gasteiger partial charge in [0, 0.05) is 6.54 Å². The minimum absolute atomic E-state index is 0.0741. The average Bonchev–Trinajstić information content (AvgIpc) is 2.49. The van der Waals surface area contributed by atoms with Gasteiger partial charge >= 0.3 is 6.09 Å². The summed E-state index contributed by atoms with van der Waals surface area (Å²) in [5.41, 5.74) is 0.440. The molecule has 0 heterocycles. The molecule has 1 unspecified atom stereocenters. The first-order valence-corrected chi connectivity index (χ1v) is 9.87. The highest BCUT2D eigenvalue weighted by molar-refractivity contribution is 7.86. The first kappa shape index (κ1) is 21.4. The van der Waals surface area contributed by atoms with Gasteiger partial charge in [0.1, 0.15) is 5.60 Å². The third kappa shape index (κ3) is 8.36. The summed E-state index contributed by atoms with van der Waals surface area (Å²) in [6.07, 6.45) is 0.848. The lowest BCUT2D eigenvalue weighted by atomic mass is 10.0. The number of hydrogen-bond acceptors (Lipinski definition) is 5. The van der Waals surface area contributed by atoms with Gasteiger partial charge in [0.25, 0.3) is 10.1 Å². The van der Waals surface area contributed by atoms with Crippen molar-refractivity contribution in [3.63, 3.8) is 0 Å². The van der Waals surface area contributed by atoms with Gasteiger partial charge in [0.05, 0.1) is 11.5 Å². The van der Waals surface area contributed by atoms with E-state index in [-0.39, 0.29) is 17.4 Å². The smallest absolute Gasteiger partial charge is 0.407 e. The zero-order chi connectivity index (χ0) is 19.1. The van der Waals surface area contributed by atoms with E-state index in [1.807, 2.05) is 13.8 Å². The number of carbonyl (C=O) groups excluding carboxylic acids is 1. The summed E-state index contributed by atoms with van der Waals surface area (Å²) in [5.74, 6) is 0.112. The Morgan fingerprint density at radius 2 is 1.80 bits per heavy atom. The molecule has 1 aromatic carbocycles. The zero-order valence-electron chi connectivity index (χ0n) is 15.7. The van der Waals surface area contributed by atoms with Gasteiger partial charge in [-0.15, -0.1) is 0 Å². The van der Waals surface area contributed by atoms with Crippen LogP contribution in [0.2, 0.25) is 0 Å². The predicted octanol–water partition coefficient (Wildman–Crippen LogP) is 3.64. The molecule has 0 saturated heterocycles. The Kier molecular flexibility index (Phi) is 7.89. The fraction of sp³-hybridized carbons (Fsp3) is 0.611. The molecule has 0 aliphatic heterocycles. The van der Waals surface area contributed by atoms with Crippen molar-refractivity contribution in [1.29, 1.82) is 0 Å². The molecule has 7 heteroatoms. The fourth-order valence-corrected chi connectivity index (χ4v) is 3.01. The summed E-state index contributed by atoms with van der Waals surface area (Å²) in [5, 5.41) is 2.71. The number of nitrogens with one attached hydrogen (secondary N) is 1. The lowest BCUT2D eigenvalue weighted by Crippen LogP contribution is -2.35. The summed E-state index contributed by atoms with van der Waals surface area (Å²) in [6.45, 7) is 9.76. The lowest BCUT2D eigenvalue weighted by Gasteiger charge is -2.21. The minimum Gasteiger partial charge on any atom is -0.444 e. The number of benzene rings is 1. The second-order valence-electron chi connectivity index (χ2n) is 7.03. The molecular weight excluding hydrogens is 342 g/mol. The summed E-state index contributed by atoms with van der Waals surface area (Å²) >= 11 is 0. The number of rotatable bonds is 8. The van der Waals surface area contributed by atoms with Gasteiger partial charge in [-0.25, -0.2) is 4.79 Å². The number of alkyl carbamates (subject to hydrolysis) is 1. The molecule has 1 amide bonds. The highest BCUT2D eigenvalue weighted by atomic mass is 32.2. The van der Waals surface area contributed by atoms with Crippen LogP contribution in [0.25, 0.3) is 0 Å². The molecule has 142 valence electrons. The van der Waals surface area contributed by atoms with Crippen LogP contribution >= 0.6 is 0 Å². The molecule has 0 radical (unpaired) electrons. The van der Waals surface area contributed by atoms with E-state index >= 15 is 0 Å². The minimum atomic E-state index is -3.75. The van der Waals surface area contributed by atoms with E-state index in [1.54, 1.807) is 32.9 Å². The van der Waals surface area contributed by atoms with Crippen molar-refractivity contribution in [2.75, 3.05) is 13.2 Å². The van der Waals surface area contributed by atoms with Crippen molar-refractivity contribution in [2.45, 2.75) is 58.0 Å². The highest BCUT2D eigenvalue weighted by Gasteiger charge is 2.18. The molecule has 0 aliphatic rings. The van der Waals surface area contributed by atoms with E-state index in [2.05, 4.69) is 5.32 Å². The van der Waals surface area contributed by atoms with Crippen molar-refractivity contribution in [2.24, 2.45) is 5.92 Å².